The lowest BCUT2D eigenvalue weighted by atomic mass is 10.0. The Labute approximate surface area is 111 Å². The average molecular weight is 270 g/mol. The lowest BCUT2D eigenvalue weighted by Crippen LogP contribution is -2.41. The number of nitrogens with one attached hydrogen (secondary N) is 1. The highest BCUT2D eigenvalue weighted by Crippen LogP contribution is 2.06. The minimum atomic E-state index is -0.619. The predicted molar refractivity (Wildman–Crippen MR) is 69.8 cm³/mol. The van der Waals surface area contributed by atoms with E-state index in [4.69, 9.17) is 11.6 Å². The molecular formula is C13H16ClNO3. The summed E-state index contributed by atoms with van der Waals surface area (Å²) in [4.78, 5) is 22.7. The number of halogens is 1. The van der Waals surface area contributed by atoms with E-state index >= 15 is 0 Å². The van der Waals surface area contributed by atoms with Crippen LogP contribution >= 0.6 is 11.6 Å². The van der Waals surface area contributed by atoms with Crippen LogP contribution < -0.4 is 5.32 Å². The minimum Gasteiger partial charge on any atom is -0.453 e. The summed E-state index contributed by atoms with van der Waals surface area (Å²) in [6, 6.07) is 9.14. The first kappa shape index (κ1) is 14.5. The lowest BCUT2D eigenvalue weighted by molar-refractivity contribution is -0.118. The van der Waals surface area contributed by atoms with Gasteiger partial charge in [-0.15, -0.1) is 11.6 Å². The molecule has 0 saturated heterocycles. The molecule has 0 aliphatic heterocycles. The first-order chi connectivity index (χ1) is 8.67. The average Bonchev–Trinajstić information content (AvgIpc) is 2.43. The topological polar surface area (TPSA) is 55.4 Å². The van der Waals surface area contributed by atoms with E-state index in [0.717, 1.165) is 5.56 Å². The number of amides is 1. The van der Waals surface area contributed by atoms with E-state index in [2.05, 4.69) is 10.1 Å². The highest BCUT2D eigenvalue weighted by molar-refractivity contribution is 6.28. The van der Waals surface area contributed by atoms with Gasteiger partial charge in [-0.2, -0.15) is 0 Å². The molecule has 0 aromatic heterocycles. The Morgan fingerprint density at radius 1 is 1.33 bits per heavy atom. The number of alkyl carbamates (subject to hydrolysis) is 1. The molecule has 1 aromatic carbocycles. The van der Waals surface area contributed by atoms with Gasteiger partial charge in [-0.25, -0.2) is 4.79 Å². The molecule has 5 heteroatoms. The molecule has 4 nitrogen and oxygen atoms in total. The predicted octanol–water partition coefficient (Wildman–Crippen LogP) is 2.15. The molecule has 0 spiro atoms. The fourth-order valence-electron chi connectivity index (χ4n) is 1.56. The molecule has 0 fully saturated rings. The van der Waals surface area contributed by atoms with Gasteiger partial charge in [0.25, 0.3) is 0 Å². The van der Waals surface area contributed by atoms with Crippen molar-refractivity contribution in [3.8, 4) is 0 Å². The number of aryl methyl sites for hydroxylation is 1. The van der Waals surface area contributed by atoms with Crippen molar-refractivity contribution < 1.29 is 14.3 Å². The molecule has 0 heterocycles. The van der Waals surface area contributed by atoms with Gasteiger partial charge in [-0.05, 0) is 18.4 Å². The Morgan fingerprint density at radius 2 is 2.00 bits per heavy atom. The molecular weight excluding hydrogens is 254 g/mol. The van der Waals surface area contributed by atoms with Gasteiger partial charge < -0.3 is 10.1 Å². The number of Topliss-reactive ketones (excluding diaryl/α,β-unsaturated/α-hetero) is 1. The molecule has 1 amide bonds. The Balaban J connectivity index is 2.56. The fraction of sp³-hybridized carbons (Fsp3) is 0.385. The number of benzene rings is 1. The van der Waals surface area contributed by atoms with Gasteiger partial charge in [0.05, 0.1) is 19.0 Å². The number of methoxy groups -OCH3 is 1. The number of ketones is 1. The summed E-state index contributed by atoms with van der Waals surface area (Å²) in [5, 5.41) is 2.49. The van der Waals surface area contributed by atoms with Gasteiger partial charge in [-0.3, -0.25) is 4.79 Å². The minimum absolute atomic E-state index is 0.122. The zero-order valence-electron chi connectivity index (χ0n) is 10.2. The summed E-state index contributed by atoms with van der Waals surface area (Å²) in [6.45, 7) is 0. The zero-order chi connectivity index (χ0) is 13.4. The molecule has 1 N–H and O–H groups in total. The van der Waals surface area contributed by atoms with Gasteiger partial charge in [0.15, 0.2) is 5.78 Å². The first-order valence-electron chi connectivity index (χ1n) is 5.64. The Bertz CT molecular complexity index is 394. The Morgan fingerprint density at radius 3 is 2.56 bits per heavy atom. The van der Waals surface area contributed by atoms with E-state index in [9.17, 15) is 9.59 Å². The van der Waals surface area contributed by atoms with Crippen molar-refractivity contribution in [2.75, 3.05) is 13.0 Å². The number of alkyl halides is 1. The van der Waals surface area contributed by atoms with E-state index in [-0.39, 0.29) is 11.7 Å². The lowest BCUT2D eigenvalue weighted by Gasteiger charge is -2.15. The van der Waals surface area contributed by atoms with Crippen LogP contribution in [-0.4, -0.2) is 30.9 Å². The van der Waals surface area contributed by atoms with Crippen LogP contribution in [0.25, 0.3) is 0 Å². The normalized spacial score (nSPS) is 11.7. The molecule has 1 atom stereocenters. The maximum Gasteiger partial charge on any atom is 0.407 e. The van der Waals surface area contributed by atoms with Gasteiger partial charge in [-0.1, -0.05) is 30.3 Å². The van der Waals surface area contributed by atoms with Crippen LogP contribution in [0.15, 0.2) is 30.3 Å². The van der Waals surface area contributed by atoms with E-state index in [1.54, 1.807) is 0 Å². The van der Waals surface area contributed by atoms with Gasteiger partial charge in [0.1, 0.15) is 0 Å². The molecule has 0 aliphatic carbocycles. The third-order valence-corrected chi connectivity index (χ3v) is 2.83. The van der Waals surface area contributed by atoms with E-state index in [1.165, 1.54) is 7.11 Å². The molecule has 0 radical (unpaired) electrons. The number of carbonyl (C=O) groups is 2. The van der Waals surface area contributed by atoms with Crippen molar-refractivity contribution >= 4 is 23.5 Å². The zero-order valence-corrected chi connectivity index (χ0v) is 10.9. The van der Waals surface area contributed by atoms with Crippen molar-refractivity contribution in [1.82, 2.24) is 5.32 Å². The summed E-state index contributed by atoms with van der Waals surface area (Å²) in [5.74, 6) is -0.332. The first-order valence-corrected chi connectivity index (χ1v) is 6.18. The molecule has 98 valence electrons. The van der Waals surface area contributed by atoms with Crippen LogP contribution in [0.5, 0.6) is 0 Å². The second-order valence-electron chi connectivity index (χ2n) is 3.81. The maximum absolute atomic E-state index is 11.6. The molecule has 0 bridgehead atoms. The smallest absolute Gasteiger partial charge is 0.407 e. The summed E-state index contributed by atoms with van der Waals surface area (Å²) in [5.41, 5.74) is 1.11. The Kier molecular flexibility index (Phi) is 6.22. The van der Waals surface area contributed by atoms with E-state index in [0.29, 0.717) is 12.8 Å². The van der Waals surface area contributed by atoms with Gasteiger partial charge in [0, 0.05) is 0 Å². The summed E-state index contributed by atoms with van der Waals surface area (Å²) >= 11 is 5.51. The second-order valence-corrected chi connectivity index (χ2v) is 4.08. The van der Waals surface area contributed by atoms with E-state index < -0.39 is 12.1 Å². The highest BCUT2D eigenvalue weighted by Gasteiger charge is 2.19. The third kappa shape index (κ3) is 4.75. The largest absolute Gasteiger partial charge is 0.453 e. The monoisotopic (exact) mass is 269 g/mol. The molecule has 1 aromatic rings. The summed E-state index contributed by atoms with van der Waals surface area (Å²) in [6.07, 6.45) is 0.578. The molecule has 0 aliphatic rings. The quantitative estimate of drug-likeness (QED) is 0.805. The van der Waals surface area contributed by atoms with Gasteiger partial charge >= 0.3 is 6.09 Å². The van der Waals surface area contributed by atoms with Crippen LogP contribution in [0.4, 0.5) is 4.79 Å². The number of hydrogen-bond donors (Lipinski definition) is 1. The molecule has 18 heavy (non-hydrogen) atoms. The Hall–Kier alpha value is -1.55. The van der Waals surface area contributed by atoms with Crippen LogP contribution in [0, 0.1) is 0 Å². The maximum atomic E-state index is 11.6. The van der Waals surface area contributed by atoms with Crippen LogP contribution in [0.1, 0.15) is 12.0 Å². The number of hydrogen-bond acceptors (Lipinski definition) is 3. The van der Waals surface area contributed by atoms with Crippen LogP contribution in [0.2, 0.25) is 0 Å². The van der Waals surface area contributed by atoms with Crippen molar-refractivity contribution in [2.24, 2.45) is 0 Å². The standard InChI is InChI=1S/C13H16ClNO3/c1-18-13(17)15-11(12(16)9-14)8-7-10-5-3-2-4-6-10/h2-6,11H,7-9H2,1H3,(H,15,17). The summed E-state index contributed by atoms with van der Waals surface area (Å²) in [7, 11) is 1.26. The van der Waals surface area contributed by atoms with Crippen molar-refractivity contribution in [3.05, 3.63) is 35.9 Å². The molecule has 1 rings (SSSR count). The number of ether oxygens (including phenoxy) is 1. The van der Waals surface area contributed by atoms with Crippen LogP contribution in [0.3, 0.4) is 0 Å². The SMILES string of the molecule is COC(=O)NC(CCc1ccccc1)C(=O)CCl. The van der Waals surface area contributed by atoms with E-state index in [1.807, 2.05) is 30.3 Å². The molecule has 0 saturated carbocycles. The summed E-state index contributed by atoms with van der Waals surface area (Å²) < 4.78 is 4.48. The number of rotatable bonds is 6. The fourth-order valence-corrected chi connectivity index (χ4v) is 1.75. The van der Waals surface area contributed by atoms with Crippen molar-refractivity contribution in [2.45, 2.75) is 18.9 Å². The second kappa shape index (κ2) is 7.71. The van der Waals surface area contributed by atoms with Crippen molar-refractivity contribution in [1.29, 1.82) is 0 Å². The highest BCUT2D eigenvalue weighted by atomic mass is 35.5. The third-order valence-electron chi connectivity index (χ3n) is 2.56. The van der Waals surface area contributed by atoms with Crippen molar-refractivity contribution in [3.63, 3.8) is 0 Å². The van der Waals surface area contributed by atoms with Crippen LogP contribution in [-0.2, 0) is 16.0 Å². The van der Waals surface area contributed by atoms with Gasteiger partial charge in [0.2, 0.25) is 0 Å². The number of carbonyl (C=O) groups excluding carboxylic acids is 2. The molecule has 1 unspecified atom stereocenters.